The molecule has 8 heteroatoms. The van der Waals surface area contributed by atoms with Crippen molar-refractivity contribution < 1.29 is 9.72 Å². The van der Waals surface area contributed by atoms with E-state index in [2.05, 4.69) is 5.43 Å². The summed E-state index contributed by atoms with van der Waals surface area (Å²) in [7, 11) is 0. The minimum atomic E-state index is -0.468. The second-order valence-corrected chi connectivity index (χ2v) is 6.87. The zero-order chi connectivity index (χ0) is 17.8. The van der Waals surface area contributed by atoms with Gasteiger partial charge in [0.1, 0.15) is 0 Å². The Hall–Kier alpha value is -2.55. The first kappa shape index (κ1) is 17.3. The predicted octanol–water partition coefficient (Wildman–Crippen LogP) is 3.50. The Morgan fingerprint density at radius 3 is 2.68 bits per heavy atom. The molecule has 2 aromatic carbocycles. The van der Waals surface area contributed by atoms with Gasteiger partial charge in [-0.05, 0) is 17.2 Å². The van der Waals surface area contributed by atoms with Crippen LogP contribution in [-0.4, -0.2) is 20.2 Å². The van der Waals surface area contributed by atoms with Crippen LogP contribution in [0.2, 0.25) is 0 Å². The van der Waals surface area contributed by atoms with Gasteiger partial charge in [0.2, 0.25) is 0 Å². The molecular formula is C17H13N3O3S2. The monoisotopic (exact) mass is 371 g/mol. The minimum Gasteiger partial charge on any atom is -0.267 e. The molecule has 126 valence electrons. The van der Waals surface area contributed by atoms with Gasteiger partial charge in [-0.25, -0.2) is 10.4 Å². The summed E-state index contributed by atoms with van der Waals surface area (Å²) in [6.07, 6.45) is 1.61. The van der Waals surface area contributed by atoms with E-state index in [0.29, 0.717) is 21.3 Å². The van der Waals surface area contributed by atoms with Crippen LogP contribution in [0.5, 0.6) is 0 Å². The molecule has 0 atom stereocenters. The lowest BCUT2D eigenvalue weighted by molar-refractivity contribution is -0.384. The van der Waals surface area contributed by atoms with Crippen molar-refractivity contribution in [2.24, 2.45) is 0 Å². The molecule has 3 rings (SSSR count). The van der Waals surface area contributed by atoms with Crippen LogP contribution in [0.15, 0.2) is 59.5 Å². The third-order valence-corrected chi connectivity index (χ3v) is 4.76. The van der Waals surface area contributed by atoms with Gasteiger partial charge in [-0.3, -0.25) is 14.9 Å². The standard InChI is InChI=1S/C17H13N3O3S2/c21-16-15(10-13-7-4-8-14(9-13)20(22)23)25-17(24)19(16)18-11-12-5-2-1-3-6-12/h1-10,18H,11H2/b15-10+. The van der Waals surface area contributed by atoms with Crippen LogP contribution < -0.4 is 5.43 Å². The molecule has 0 aromatic heterocycles. The van der Waals surface area contributed by atoms with Gasteiger partial charge < -0.3 is 0 Å². The fourth-order valence-corrected chi connectivity index (χ4v) is 3.47. The topological polar surface area (TPSA) is 75.5 Å². The Kier molecular flexibility index (Phi) is 5.22. The fraction of sp³-hybridized carbons (Fsp3) is 0.0588. The Balaban J connectivity index is 1.74. The number of hydrogen-bond acceptors (Lipinski definition) is 6. The molecule has 1 heterocycles. The Morgan fingerprint density at radius 1 is 1.20 bits per heavy atom. The summed E-state index contributed by atoms with van der Waals surface area (Å²) in [5.74, 6) is -0.266. The molecule has 2 aromatic rings. The molecule has 1 fully saturated rings. The van der Waals surface area contributed by atoms with Crippen molar-refractivity contribution in [3.63, 3.8) is 0 Å². The number of carbonyl (C=O) groups excluding carboxylic acids is 1. The van der Waals surface area contributed by atoms with E-state index in [1.165, 1.54) is 17.1 Å². The van der Waals surface area contributed by atoms with Gasteiger partial charge in [0.25, 0.3) is 11.6 Å². The first-order valence-electron chi connectivity index (χ1n) is 7.34. The van der Waals surface area contributed by atoms with Gasteiger partial charge in [0.05, 0.1) is 9.83 Å². The van der Waals surface area contributed by atoms with Crippen LogP contribution in [0.1, 0.15) is 11.1 Å². The average Bonchev–Trinajstić information content (AvgIpc) is 2.87. The maximum absolute atomic E-state index is 12.5. The van der Waals surface area contributed by atoms with Crippen LogP contribution in [0.4, 0.5) is 5.69 Å². The highest BCUT2D eigenvalue weighted by Gasteiger charge is 2.32. The van der Waals surface area contributed by atoms with Crippen LogP contribution in [0.25, 0.3) is 6.08 Å². The summed E-state index contributed by atoms with van der Waals surface area (Å²) in [5, 5.41) is 12.2. The van der Waals surface area contributed by atoms with Crippen LogP contribution in [0, 0.1) is 10.1 Å². The van der Waals surface area contributed by atoms with E-state index in [1.54, 1.807) is 18.2 Å². The molecule has 1 amide bonds. The summed E-state index contributed by atoms with van der Waals surface area (Å²) in [5.41, 5.74) is 4.60. The van der Waals surface area contributed by atoms with Crippen molar-refractivity contribution >= 4 is 46.0 Å². The number of thioether (sulfide) groups is 1. The number of hydrazine groups is 1. The lowest BCUT2D eigenvalue weighted by Crippen LogP contribution is -2.40. The number of nitrogens with one attached hydrogen (secondary N) is 1. The number of nitrogens with zero attached hydrogens (tertiary/aromatic N) is 2. The van der Waals surface area contributed by atoms with Crippen molar-refractivity contribution in [3.05, 3.63) is 80.7 Å². The summed E-state index contributed by atoms with van der Waals surface area (Å²) in [4.78, 5) is 23.3. The smallest absolute Gasteiger partial charge is 0.267 e. The molecule has 0 saturated carbocycles. The molecule has 0 unspecified atom stereocenters. The van der Waals surface area contributed by atoms with Crippen molar-refractivity contribution in [3.8, 4) is 0 Å². The minimum absolute atomic E-state index is 0.0218. The van der Waals surface area contributed by atoms with E-state index in [1.807, 2.05) is 30.3 Å². The first-order chi connectivity index (χ1) is 12.0. The number of thiocarbonyl (C=S) groups is 1. The normalized spacial score (nSPS) is 15.8. The van der Waals surface area contributed by atoms with E-state index in [0.717, 1.165) is 17.3 Å². The lowest BCUT2D eigenvalue weighted by Gasteiger charge is -2.15. The molecule has 0 aliphatic carbocycles. The van der Waals surface area contributed by atoms with Crippen molar-refractivity contribution in [1.82, 2.24) is 10.4 Å². The van der Waals surface area contributed by atoms with Gasteiger partial charge in [-0.2, -0.15) is 0 Å². The van der Waals surface area contributed by atoms with Crippen LogP contribution in [-0.2, 0) is 11.3 Å². The van der Waals surface area contributed by atoms with E-state index < -0.39 is 4.92 Å². The summed E-state index contributed by atoms with van der Waals surface area (Å²) >= 11 is 6.41. The second-order valence-electron chi connectivity index (χ2n) is 5.19. The fourth-order valence-electron chi connectivity index (χ4n) is 2.25. The zero-order valence-electron chi connectivity index (χ0n) is 12.9. The second kappa shape index (κ2) is 7.56. The van der Waals surface area contributed by atoms with E-state index in [4.69, 9.17) is 12.2 Å². The van der Waals surface area contributed by atoms with Crippen molar-refractivity contribution in [2.75, 3.05) is 0 Å². The number of rotatable bonds is 5. The van der Waals surface area contributed by atoms with Crippen LogP contribution >= 0.6 is 24.0 Å². The molecule has 25 heavy (non-hydrogen) atoms. The van der Waals surface area contributed by atoms with E-state index in [9.17, 15) is 14.9 Å². The SMILES string of the molecule is O=C1/C(=C\c2cccc([N+](=O)[O-])c2)SC(=S)N1NCc1ccccc1. The molecule has 0 radical (unpaired) electrons. The molecule has 1 saturated heterocycles. The van der Waals surface area contributed by atoms with Crippen molar-refractivity contribution in [1.29, 1.82) is 0 Å². The lowest BCUT2D eigenvalue weighted by atomic mass is 10.2. The highest BCUT2D eigenvalue weighted by atomic mass is 32.2. The number of carbonyl (C=O) groups is 1. The third-order valence-electron chi connectivity index (χ3n) is 3.46. The molecule has 1 aliphatic rings. The Morgan fingerprint density at radius 2 is 1.96 bits per heavy atom. The molecule has 0 bridgehead atoms. The zero-order valence-corrected chi connectivity index (χ0v) is 14.5. The molecule has 0 spiro atoms. The molecule has 6 nitrogen and oxygen atoms in total. The number of nitro groups is 1. The maximum Gasteiger partial charge on any atom is 0.280 e. The van der Waals surface area contributed by atoms with Crippen molar-refractivity contribution in [2.45, 2.75) is 6.54 Å². The first-order valence-corrected chi connectivity index (χ1v) is 8.57. The maximum atomic E-state index is 12.5. The summed E-state index contributed by atoms with van der Waals surface area (Å²) < 4.78 is 0.401. The number of non-ortho nitro benzene ring substituents is 1. The predicted molar refractivity (Wildman–Crippen MR) is 101 cm³/mol. The molecule has 1 aliphatic heterocycles. The van der Waals surface area contributed by atoms with Gasteiger partial charge in [-0.1, -0.05) is 66.4 Å². The summed E-state index contributed by atoms with van der Waals surface area (Å²) in [6, 6.07) is 15.8. The molecule has 1 N–H and O–H groups in total. The summed E-state index contributed by atoms with van der Waals surface area (Å²) in [6.45, 7) is 0.470. The number of amides is 1. The number of nitro benzene ring substituents is 1. The number of benzene rings is 2. The Labute approximate surface area is 153 Å². The van der Waals surface area contributed by atoms with Gasteiger partial charge in [-0.15, -0.1) is 0 Å². The average molecular weight is 371 g/mol. The third kappa shape index (κ3) is 4.11. The largest absolute Gasteiger partial charge is 0.280 e. The Bertz CT molecular complexity index is 868. The quantitative estimate of drug-likeness (QED) is 0.375. The van der Waals surface area contributed by atoms with E-state index >= 15 is 0 Å². The molecular weight excluding hydrogens is 358 g/mol. The van der Waals surface area contributed by atoms with E-state index in [-0.39, 0.29) is 11.6 Å². The number of hydrogen-bond donors (Lipinski definition) is 1. The van der Waals surface area contributed by atoms with Crippen LogP contribution in [0.3, 0.4) is 0 Å². The highest BCUT2D eigenvalue weighted by Crippen LogP contribution is 2.31. The van der Waals surface area contributed by atoms with Gasteiger partial charge >= 0.3 is 0 Å². The van der Waals surface area contributed by atoms with Gasteiger partial charge in [0.15, 0.2) is 4.32 Å². The highest BCUT2D eigenvalue weighted by molar-refractivity contribution is 8.26. The van der Waals surface area contributed by atoms with Gasteiger partial charge in [0, 0.05) is 18.7 Å².